The zero-order valence-electron chi connectivity index (χ0n) is 16.1. The molecule has 1 amide bonds. The lowest BCUT2D eigenvalue weighted by Gasteiger charge is -2.09. The third-order valence-electron chi connectivity index (χ3n) is 4.21. The number of rotatable bonds is 9. The van der Waals surface area contributed by atoms with Gasteiger partial charge in [-0.2, -0.15) is 0 Å². The normalized spacial score (nSPS) is 11.0. The van der Waals surface area contributed by atoms with Crippen LogP contribution in [0.25, 0.3) is 0 Å². The summed E-state index contributed by atoms with van der Waals surface area (Å²) >= 11 is 3.09. The van der Waals surface area contributed by atoms with Crippen LogP contribution in [0.1, 0.15) is 36.0 Å². The van der Waals surface area contributed by atoms with Gasteiger partial charge in [0.25, 0.3) is 0 Å². The molecule has 2 heterocycles. The van der Waals surface area contributed by atoms with E-state index in [0.29, 0.717) is 12.5 Å². The van der Waals surface area contributed by atoms with Gasteiger partial charge in [-0.15, -0.1) is 28.1 Å². The highest BCUT2D eigenvalue weighted by Crippen LogP contribution is 2.21. The van der Waals surface area contributed by atoms with E-state index < -0.39 is 0 Å². The molecule has 1 aromatic carbocycles. The number of benzene rings is 1. The van der Waals surface area contributed by atoms with E-state index in [4.69, 9.17) is 0 Å². The standard InChI is InChI=1S/C21H24N4OS2/c1-4-11-25-19(13-18-6-5-12-27-18)23-24-21(25)28-14-20(26)22-17-9-7-16(8-10-17)15(2)3/h4-10,12,15H,1,11,13-14H2,2-3H3,(H,22,26). The molecule has 0 bridgehead atoms. The summed E-state index contributed by atoms with van der Waals surface area (Å²) < 4.78 is 2.02. The van der Waals surface area contributed by atoms with Gasteiger partial charge in [-0.05, 0) is 35.1 Å². The third kappa shape index (κ3) is 5.33. The monoisotopic (exact) mass is 412 g/mol. The molecule has 0 radical (unpaired) electrons. The minimum Gasteiger partial charge on any atom is -0.325 e. The fourth-order valence-electron chi connectivity index (χ4n) is 2.72. The molecule has 0 saturated carbocycles. The van der Waals surface area contributed by atoms with Gasteiger partial charge in [0, 0.05) is 23.5 Å². The Labute approximate surface area is 173 Å². The summed E-state index contributed by atoms with van der Waals surface area (Å²) in [4.78, 5) is 13.6. The van der Waals surface area contributed by atoms with E-state index in [0.717, 1.165) is 23.1 Å². The molecule has 7 heteroatoms. The highest BCUT2D eigenvalue weighted by molar-refractivity contribution is 7.99. The van der Waals surface area contributed by atoms with Crippen LogP contribution in [0.2, 0.25) is 0 Å². The number of nitrogens with one attached hydrogen (secondary N) is 1. The van der Waals surface area contributed by atoms with Crippen molar-refractivity contribution in [2.75, 3.05) is 11.1 Å². The van der Waals surface area contributed by atoms with Crippen LogP contribution in [0, 0.1) is 0 Å². The minimum atomic E-state index is -0.0599. The molecule has 0 spiro atoms. The van der Waals surface area contributed by atoms with Crippen molar-refractivity contribution in [1.82, 2.24) is 14.8 Å². The molecule has 0 unspecified atom stereocenters. The molecule has 0 atom stereocenters. The molecule has 146 valence electrons. The van der Waals surface area contributed by atoms with Crippen molar-refractivity contribution in [3.63, 3.8) is 0 Å². The van der Waals surface area contributed by atoms with Gasteiger partial charge in [-0.3, -0.25) is 4.79 Å². The second-order valence-corrected chi connectivity index (χ2v) is 8.64. The summed E-state index contributed by atoms with van der Waals surface area (Å²) in [6.45, 7) is 8.74. The Morgan fingerprint density at radius 3 is 2.71 bits per heavy atom. The van der Waals surface area contributed by atoms with Gasteiger partial charge in [-0.25, -0.2) is 0 Å². The highest BCUT2D eigenvalue weighted by atomic mass is 32.2. The van der Waals surface area contributed by atoms with E-state index in [1.807, 2.05) is 41.0 Å². The lowest BCUT2D eigenvalue weighted by molar-refractivity contribution is -0.113. The number of thioether (sulfide) groups is 1. The number of aromatic nitrogens is 3. The molecule has 28 heavy (non-hydrogen) atoms. The summed E-state index contributed by atoms with van der Waals surface area (Å²) in [5.74, 6) is 1.57. The molecule has 3 aromatic rings. The largest absolute Gasteiger partial charge is 0.325 e. The summed E-state index contributed by atoms with van der Waals surface area (Å²) in [7, 11) is 0. The Kier molecular flexibility index (Phi) is 7.06. The van der Waals surface area contributed by atoms with Gasteiger partial charge >= 0.3 is 0 Å². The zero-order valence-corrected chi connectivity index (χ0v) is 17.7. The van der Waals surface area contributed by atoms with Gasteiger partial charge in [0.15, 0.2) is 5.16 Å². The predicted octanol–water partition coefficient (Wildman–Crippen LogP) is 4.97. The molecular weight excluding hydrogens is 388 g/mol. The van der Waals surface area contributed by atoms with E-state index in [-0.39, 0.29) is 11.7 Å². The maximum Gasteiger partial charge on any atom is 0.234 e. The molecule has 2 aromatic heterocycles. The fraction of sp³-hybridized carbons (Fsp3) is 0.286. The number of carbonyl (C=O) groups is 1. The van der Waals surface area contributed by atoms with Crippen molar-refractivity contribution in [2.24, 2.45) is 0 Å². The second kappa shape index (κ2) is 9.71. The summed E-state index contributed by atoms with van der Waals surface area (Å²) in [6.07, 6.45) is 2.55. The third-order valence-corrected chi connectivity index (χ3v) is 6.05. The predicted molar refractivity (Wildman–Crippen MR) is 117 cm³/mol. The summed E-state index contributed by atoms with van der Waals surface area (Å²) in [6, 6.07) is 12.1. The van der Waals surface area contributed by atoms with E-state index in [1.54, 1.807) is 11.3 Å². The Morgan fingerprint density at radius 2 is 2.07 bits per heavy atom. The Bertz CT molecular complexity index is 915. The first-order chi connectivity index (χ1) is 13.6. The molecule has 0 aliphatic rings. The first-order valence-corrected chi connectivity index (χ1v) is 11.0. The lowest BCUT2D eigenvalue weighted by Crippen LogP contribution is -2.15. The first kappa shape index (κ1) is 20.4. The van der Waals surface area contributed by atoms with Crippen LogP contribution >= 0.6 is 23.1 Å². The average molecular weight is 413 g/mol. The van der Waals surface area contributed by atoms with E-state index in [1.165, 1.54) is 22.2 Å². The molecule has 0 aliphatic carbocycles. The number of carbonyl (C=O) groups excluding carboxylic acids is 1. The number of hydrogen-bond acceptors (Lipinski definition) is 5. The van der Waals surface area contributed by atoms with Gasteiger partial charge in [0.2, 0.25) is 5.91 Å². The summed E-state index contributed by atoms with van der Waals surface area (Å²) in [5.41, 5.74) is 2.06. The summed E-state index contributed by atoms with van der Waals surface area (Å²) in [5, 5.41) is 14.3. The average Bonchev–Trinajstić information content (AvgIpc) is 3.32. The van der Waals surface area contributed by atoms with Crippen molar-refractivity contribution in [1.29, 1.82) is 0 Å². The van der Waals surface area contributed by atoms with Crippen molar-refractivity contribution in [2.45, 2.75) is 37.9 Å². The molecule has 1 N–H and O–H groups in total. The molecule has 0 aliphatic heterocycles. The van der Waals surface area contributed by atoms with Crippen LogP contribution in [-0.4, -0.2) is 26.4 Å². The smallest absolute Gasteiger partial charge is 0.234 e. The van der Waals surface area contributed by atoms with Gasteiger partial charge < -0.3 is 9.88 Å². The first-order valence-electron chi connectivity index (χ1n) is 9.14. The van der Waals surface area contributed by atoms with Crippen molar-refractivity contribution >= 4 is 34.7 Å². The highest BCUT2D eigenvalue weighted by Gasteiger charge is 2.14. The van der Waals surface area contributed by atoms with Crippen LogP contribution in [0.15, 0.2) is 59.6 Å². The Morgan fingerprint density at radius 1 is 1.29 bits per heavy atom. The fourth-order valence-corrected chi connectivity index (χ4v) is 4.18. The molecule has 0 fully saturated rings. The molecule has 0 saturated heterocycles. The van der Waals surface area contributed by atoms with Crippen LogP contribution < -0.4 is 5.32 Å². The number of thiophene rings is 1. The maximum atomic E-state index is 12.3. The van der Waals surface area contributed by atoms with E-state index in [2.05, 4.69) is 47.4 Å². The maximum absolute atomic E-state index is 12.3. The number of nitrogens with zero attached hydrogens (tertiary/aromatic N) is 3. The Hall–Kier alpha value is -2.38. The van der Waals surface area contributed by atoms with Gasteiger partial charge in [0.05, 0.1) is 5.75 Å². The zero-order chi connectivity index (χ0) is 19.9. The Balaban J connectivity index is 1.60. The van der Waals surface area contributed by atoms with Crippen molar-refractivity contribution < 1.29 is 4.79 Å². The van der Waals surface area contributed by atoms with Gasteiger partial charge in [-0.1, -0.05) is 49.9 Å². The minimum absolute atomic E-state index is 0.0599. The number of hydrogen-bond donors (Lipinski definition) is 1. The molecular formula is C21H24N4OS2. The topological polar surface area (TPSA) is 59.8 Å². The van der Waals surface area contributed by atoms with Crippen LogP contribution in [0.5, 0.6) is 0 Å². The van der Waals surface area contributed by atoms with Crippen LogP contribution in [-0.2, 0) is 17.8 Å². The number of anilines is 1. The SMILES string of the molecule is C=CCn1c(Cc2cccs2)nnc1SCC(=O)Nc1ccc(C(C)C)cc1. The number of allylic oxidation sites excluding steroid dienone is 1. The quantitative estimate of drug-likeness (QED) is 0.398. The van der Waals surface area contributed by atoms with Gasteiger partial charge in [0.1, 0.15) is 5.82 Å². The lowest BCUT2D eigenvalue weighted by atomic mass is 10.0. The van der Waals surface area contributed by atoms with E-state index >= 15 is 0 Å². The molecule has 3 rings (SSSR count). The second-order valence-electron chi connectivity index (χ2n) is 6.67. The van der Waals surface area contributed by atoms with Crippen LogP contribution in [0.3, 0.4) is 0 Å². The van der Waals surface area contributed by atoms with Crippen LogP contribution in [0.4, 0.5) is 5.69 Å². The van der Waals surface area contributed by atoms with E-state index in [9.17, 15) is 4.79 Å². The van der Waals surface area contributed by atoms with Crippen molar-refractivity contribution in [3.05, 3.63) is 70.7 Å². The van der Waals surface area contributed by atoms with Crippen molar-refractivity contribution in [3.8, 4) is 0 Å². The number of amides is 1. The molecule has 5 nitrogen and oxygen atoms in total.